The summed E-state index contributed by atoms with van der Waals surface area (Å²) in [6, 6.07) is 7.80. The second kappa shape index (κ2) is 10.9. The van der Waals surface area contributed by atoms with E-state index in [1.807, 2.05) is 56.9 Å². The molecule has 0 aliphatic carbocycles. The van der Waals surface area contributed by atoms with Gasteiger partial charge in [0.1, 0.15) is 18.5 Å². The van der Waals surface area contributed by atoms with Gasteiger partial charge in [0, 0.05) is 38.9 Å². The van der Waals surface area contributed by atoms with Crippen LogP contribution in [-0.4, -0.2) is 58.6 Å². The molecule has 0 fully saturated rings. The number of hydrogen-bond donors (Lipinski definition) is 2. The summed E-state index contributed by atoms with van der Waals surface area (Å²) >= 11 is 0. The fourth-order valence-corrected chi connectivity index (χ4v) is 3.10. The van der Waals surface area contributed by atoms with Gasteiger partial charge in [-0.2, -0.15) is 5.10 Å². The molecule has 1 aromatic carbocycles. The number of hydrogen-bond acceptors (Lipinski definition) is 4. The number of rotatable bonds is 9. The van der Waals surface area contributed by atoms with Gasteiger partial charge in [-0.1, -0.05) is 26.0 Å². The minimum absolute atomic E-state index is 0.205. The zero-order valence-electron chi connectivity index (χ0n) is 18.5. The number of aromatic nitrogens is 2. The summed E-state index contributed by atoms with van der Waals surface area (Å²) in [6.45, 7) is 10.3. The predicted octanol–water partition coefficient (Wildman–Crippen LogP) is 2.69. The summed E-state index contributed by atoms with van der Waals surface area (Å²) in [6.07, 6.45) is 1.38. The quantitative estimate of drug-likeness (QED) is 0.499. The van der Waals surface area contributed by atoms with Crippen LogP contribution in [0.2, 0.25) is 0 Å². The molecule has 2 N–H and O–H groups in total. The van der Waals surface area contributed by atoms with E-state index >= 15 is 0 Å². The number of ether oxygens (including phenoxy) is 1. The number of aliphatic hydroxyl groups excluding tert-OH is 1. The molecule has 1 unspecified atom stereocenters. The molecule has 0 saturated carbocycles. The molecule has 1 heterocycles. The van der Waals surface area contributed by atoms with Gasteiger partial charge in [0.05, 0.1) is 12.2 Å². The Morgan fingerprint density at radius 3 is 2.79 bits per heavy atom. The van der Waals surface area contributed by atoms with Gasteiger partial charge >= 0.3 is 0 Å². The van der Waals surface area contributed by atoms with E-state index in [1.165, 1.54) is 5.56 Å². The molecule has 0 aliphatic rings. The van der Waals surface area contributed by atoms with Gasteiger partial charge in [0.15, 0.2) is 5.96 Å². The van der Waals surface area contributed by atoms with Crippen LogP contribution in [0.15, 0.2) is 35.5 Å². The number of guanidine groups is 1. The number of nitrogens with one attached hydrogen (secondary N) is 1. The predicted molar refractivity (Wildman–Crippen MR) is 117 cm³/mol. The third-order valence-electron chi connectivity index (χ3n) is 4.47. The molecule has 0 radical (unpaired) electrons. The van der Waals surface area contributed by atoms with Crippen molar-refractivity contribution in [3.63, 3.8) is 0 Å². The Balaban J connectivity index is 1.97. The molecule has 160 valence electrons. The van der Waals surface area contributed by atoms with Crippen LogP contribution < -0.4 is 10.1 Å². The molecule has 2 rings (SSSR count). The smallest absolute Gasteiger partial charge is 0.194 e. The first-order valence-corrected chi connectivity index (χ1v) is 10.2. The first-order valence-electron chi connectivity index (χ1n) is 10.2. The monoisotopic (exact) mass is 401 g/mol. The van der Waals surface area contributed by atoms with Crippen molar-refractivity contribution >= 4 is 5.96 Å². The third kappa shape index (κ3) is 7.09. The molecule has 7 nitrogen and oxygen atoms in total. The lowest BCUT2D eigenvalue weighted by molar-refractivity contribution is 0.114. The van der Waals surface area contributed by atoms with Crippen molar-refractivity contribution < 1.29 is 9.84 Å². The molecular formula is C22H35N5O2. The van der Waals surface area contributed by atoms with Crippen molar-refractivity contribution in [1.82, 2.24) is 20.0 Å². The fraction of sp³-hybridized carbons (Fsp3) is 0.545. The van der Waals surface area contributed by atoms with E-state index in [2.05, 4.69) is 40.4 Å². The van der Waals surface area contributed by atoms with E-state index in [4.69, 9.17) is 4.74 Å². The van der Waals surface area contributed by atoms with Gasteiger partial charge in [-0.15, -0.1) is 0 Å². The van der Waals surface area contributed by atoms with Crippen LogP contribution in [0.1, 0.15) is 43.5 Å². The molecular weight excluding hydrogens is 366 g/mol. The van der Waals surface area contributed by atoms with E-state index in [1.54, 1.807) is 0 Å². The maximum absolute atomic E-state index is 10.3. The molecule has 2 aromatic rings. The summed E-state index contributed by atoms with van der Waals surface area (Å²) in [4.78, 5) is 6.65. The fourth-order valence-electron chi connectivity index (χ4n) is 3.10. The number of aryl methyl sites for hydroxylation is 2. The number of aliphatic hydroxyl groups is 1. The lowest BCUT2D eigenvalue weighted by Gasteiger charge is -2.23. The van der Waals surface area contributed by atoms with Gasteiger partial charge in [-0.05, 0) is 37.5 Å². The third-order valence-corrected chi connectivity index (χ3v) is 4.47. The van der Waals surface area contributed by atoms with Crippen LogP contribution in [0.4, 0.5) is 0 Å². The highest BCUT2D eigenvalue weighted by Gasteiger charge is 2.15. The van der Waals surface area contributed by atoms with Crippen molar-refractivity contribution in [2.45, 2.75) is 46.3 Å². The summed E-state index contributed by atoms with van der Waals surface area (Å²) in [5, 5.41) is 18.2. The number of aliphatic imine (C=N–C) groups is 1. The van der Waals surface area contributed by atoms with Crippen LogP contribution in [-0.2, 0) is 13.6 Å². The van der Waals surface area contributed by atoms with E-state index < -0.39 is 6.10 Å². The molecule has 0 saturated heterocycles. The number of benzene rings is 1. The van der Waals surface area contributed by atoms with E-state index in [9.17, 15) is 5.11 Å². The highest BCUT2D eigenvalue weighted by Crippen LogP contribution is 2.18. The summed E-state index contributed by atoms with van der Waals surface area (Å²) in [7, 11) is 3.94. The van der Waals surface area contributed by atoms with E-state index in [-0.39, 0.29) is 13.2 Å². The van der Waals surface area contributed by atoms with Crippen LogP contribution in [0, 0.1) is 6.92 Å². The van der Waals surface area contributed by atoms with Crippen molar-refractivity contribution in [3.8, 4) is 5.75 Å². The first-order chi connectivity index (χ1) is 13.8. The van der Waals surface area contributed by atoms with Gasteiger partial charge < -0.3 is 20.1 Å². The maximum Gasteiger partial charge on any atom is 0.194 e. The van der Waals surface area contributed by atoms with Crippen LogP contribution in [0.25, 0.3) is 0 Å². The minimum atomic E-state index is -0.679. The van der Waals surface area contributed by atoms with E-state index in [0.717, 1.165) is 29.5 Å². The zero-order valence-corrected chi connectivity index (χ0v) is 18.5. The van der Waals surface area contributed by atoms with Gasteiger partial charge in [0.2, 0.25) is 0 Å². The molecule has 1 aromatic heterocycles. The summed E-state index contributed by atoms with van der Waals surface area (Å²) < 4.78 is 7.53. The van der Waals surface area contributed by atoms with Crippen molar-refractivity contribution in [1.29, 1.82) is 0 Å². The Bertz CT molecular complexity index is 800. The Labute approximate surface area is 174 Å². The van der Waals surface area contributed by atoms with Gasteiger partial charge in [0.25, 0.3) is 0 Å². The standard InChI is InChI=1S/C22H35N5O2/c1-7-23-22(26(5)13-18-14-27(6)25-21(18)16(2)3)24-12-19(28)15-29-20-10-8-9-17(4)11-20/h8-11,14,16,19,28H,7,12-13,15H2,1-6H3,(H,23,24). The largest absolute Gasteiger partial charge is 0.491 e. The van der Waals surface area contributed by atoms with Crippen molar-refractivity contribution in [2.75, 3.05) is 26.7 Å². The Kier molecular flexibility index (Phi) is 8.51. The molecule has 0 amide bonds. The van der Waals surface area contributed by atoms with Crippen LogP contribution >= 0.6 is 0 Å². The second-order valence-electron chi connectivity index (χ2n) is 7.70. The second-order valence-corrected chi connectivity index (χ2v) is 7.70. The van der Waals surface area contributed by atoms with Crippen molar-refractivity contribution in [3.05, 3.63) is 47.3 Å². The average molecular weight is 402 g/mol. The normalized spacial score (nSPS) is 12.9. The van der Waals surface area contributed by atoms with Crippen LogP contribution in [0.5, 0.6) is 5.75 Å². The lowest BCUT2D eigenvalue weighted by atomic mass is 10.1. The summed E-state index contributed by atoms with van der Waals surface area (Å²) in [5.41, 5.74) is 3.41. The highest BCUT2D eigenvalue weighted by molar-refractivity contribution is 5.79. The Morgan fingerprint density at radius 1 is 1.38 bits per heavy atom. The highest BCUT2D eigenvalue weighted by atomic mass is 16.5. The molecule has 0 spiro atoms. The Morgan fingerprint density at radius 2 is 2.14 bits per heavy atom. The van der Waals surface area contributed by atoms with Crippen LogP contribution in [0.3, 0.4) is 0 Å². The zero-order chi connectivity index (χ0) is 21.4. The first kappa shape index (κ1) is 22.7. The van der Waals surface area contributed by atoms with Gasteiger partial charge in [-0.25, -0.2) is 0 Å². The minimum Gasteiger partial charge on any atom is -0.491 e. The topological polar surface area (TPSA) is 74.9 Å². The van der Waals surface area contributed by atoms with E-state index in [0.29, 0.717) is 12.5 Å². The van der Waals surface area contributed by atoms with Crippen molar-refractivity contribution in [2.24, 2.45) is 12.0 Å². The van der Waals surface area contributed by atoms with Gasteiger partial charge in [-0.3, -0.25) is 9.67 Å². The molecule has 7 heteroatoms. The Hall–Kier alpha value is -2.54. The maximum atomic E-state index is 10.3. The lowest BCUT2D eigenvalue weighted by Crippen LogP contribution is -2.39. The molecule has 1 atom stereocenters. The average Bonchev–Trinajstić information content (AvgIpc) is 3.03. The number of nitrogens with zero attached hydrogens (tertiary/aromatic N) is 4. The molecule has 0 bridgehead atoms. The SMILES string of the molecule is CCNC(=NCC(O)COc1cccc(C)c1)N(C)Cc1cn(C)nc1C(C)C. The molecule has 29 heavy (non-hydrogen) atoms. The summed E-state index contributed by atoms with van der Waals surface area (Å²) in [5.74, 6) is 1.87. The molecule has 0 aliphatic heterocycles.